The lowest BCUT2D eigenvalue weighted by Gasteiger charge is -2.14. The number of amides is 3. The molecule has 0 radical (unpaired) electrons. The summed E-state index contributed by atoms with van der Waals surface area (Å²) in [5.41, 5.74) is 0.893. The highest BCUT2D eigenvalue weighted by atomic mass is 19.1. The van der Waals surface area contributed by atoms with Gasteiger partial charge in [-0.3, -0.25) is 14.4 Å². The lowest BCUT2D eigenvalue weighted by Crippen LogP contribution is -2.20. The van der Waals surface area contributed by atoms with Gasteiger partial charge in [-0.1, -0.05) is 12.1 Å². The zero-order valence-corrected chi connectivity index (χ0v) is 19.3. The molecule has 0 aliphatic heterocycles. The summed E-state index contributed by atoms with van der Waals surface area (Å²) in [4.78, 5) is 36.2. The molecular formula is C25H24FN3O6. The van der Waals surface area contributed by atoms with Gasteiger partial charge in [0.15, 0.2) is 18.1 Å². The average Bonchev–Trinajstić information content (AvgIpc) is 2.84. The van der Waals surface area contributed by atoms with E-state index in [0.717, 1.165) is 6.07 Å². The molecule has 0 aliphatic rings. The van der Waals surface area contributed by atoms with Gasteiger partial charge < -0.3 is 30.2 Å². The summed E-state index contributed by atoms with van der Waals surface area (Å²) < 4.78 is 30.2. The van der Waals surface area contributed by atoms with E-state index in [1.807, 2.05) is 0 Å². The van der Waals surface area contributed by atoms with E-state index in [2.05, 4.69) is 16.0 Å². The first-order valence-electron chi connectivity index (χ1n) is 10.4. The molecule has 182 valence electrons. The van der Waals surface area contributed by atoms with Crippen LogP contribution in [0.3, 0.4) is 0 Å². The molecule has 0 saturated heterocycles. The predicted octanol–water partition coefficient (Wildman–Crippen LogP) is 4.07. The Morgan fingerprint density at radius 1 is 0.800 bits per heavy atom. The minimum absolute atomic E-state index is 0.103. The SMILES string of the molecule is COc1ccccc1NC(=O)COc1ccc(C(=O)Nc2cc(NC(C)=O)ccc2F)cc1OC. The van der Waals surface area contributed by atoms with Gasteiger partial charge in [0, 0.05) is 18.2 Å². The van der Waals surface area contributed by atoms with Gasteiger partial charge in [-0.15, -0.1) is 0 Å². The van der Waals surface area contributed by atoms with Crippen LogP contribution >= 0.6 is 0 Å². The second kappa shape index (κ2) is 11.5. The van der Waals surface area contributed by atoms with Crippen LogP contribution in [0.25, 0.3) is 0 Å². The highest BCUT2D eigenvalue weighted by molar-refractivity contribution is 6.05. The second-order valence-corrected chi connectivity index (χ2v) is 7.23. The maximum atomic E-state index is 14.2. The van der Waals surface area contributed by atoms with Crippen LogP contribution in [0.1, 0.15) is 17.3 Å². The van der Waals surface area contributed by atoms with Crippen molar-refractivity contribution < 1.29 is 33.0 Å². The molecule has 3 amide bonds. The molecule has 0 aromatic heterocycles. The molecule has 3 N–H and O–H groups in total. The van der Waals surface area contributed by atoms with E-state index < -0.39 is 17.6 Å². The maximum absolute atomic E-state index is 14.2. The van der Waals surface area contributed by atoms with Gasteiger partial charge in [0.1, 0.15) is 11.6 Å². The van der Waals surface area contributed by atoms with Crippen molar-refractivity contribution in [1.29, 1.82) is 0 Å². The highest BCUT2D eigenvalue weighted by Gasteiger charge is 2.15. The number of para-hydroxylation sites is 2. The molecule has 0 fully saturated rings. The lowest BCUT2D eigenvalue weighted by molar-refractivity contribution is -0.118. The quantitative estimate of drug-likeness (QED) is 0.424. The number of methoxy groups -OCH3 is 2. The van der Waals surface area contributed by atoms with Crippen LogP contribution in [0.5, 0.6) is 17.2 Å². The predicted molar refractivity (Wildman–Crippen MR) is 129 cm³/mol. The van der Waals surface area contributed by atoms with Crippen LogP contribution in [0.2, 0.25) is 0 Å². The van der Waals surface area contributed by atoms with E-state index in [1.54, 1.807) is 24.3 Å². The number of rotatable bonds is 9. The Balaban J connectivity index is 1.67. The number of hydrogen-bond acceptors (Lipinski definition) is 6. The Hall–Kier alpha value is -4.60. The van der Waals surface area contributed by atoms with Gasteiger partial charge in [0.25, 0.3) is 11.8 Å². The number of halogens is 1. The molecule has 0 saturated carbocycles. The molecule has 3 aromatic rings. The largest absolute Gasteiger partial charge is 0.495 e. The van der Waals surface area contributed by atoms with Gasteiger partial charge in [0.05, 0.1) is 25.6 Å². The average molecular weight is 481 g/mol. The third kappa shape index (κ3) is 6.70. The van der Waals surface area contributed by atoms with Crippen LogP contribution in [-0.2, 0) is 9.59 Å². The van der Waals surface area contributed by atoms with Crippen molar-refractivity contribution in [2.45, 2.75) is 6.92 Å². The van der Waals surface area contributed by atoms with Gasteiger partial charge >= 0.3 is 0 Å². The minimum Gasteiger partial charge on any atom is -0.495 e. The second-order valence-electron chi connectivity index (χ2n) is 7.23. The van der Waals surface area contributed by atoms with E-state index in [4.69, 9.17) is 14.2 Å². The van der Waals surface area contributed by atoms with Crippen molar-refractivity contribution in [2.75, 3.05) is 36.8 Å². The van der Waals surface area contributed by atoms with Gasteiger partial charge in [-0.05, 0) is 48.5 Å². The summed E-state index contributed by atoms with van der Waals surface area (Å²) in [5, 5.41) is 7.68. The molecule has 0 atom stereocenters. The first kappa shape index (κ1) is 25.0. The Morgan fingerprint density at radius 2 is 1.54 bits per heavy atom. The van der Waals surface area contributed by atoms with Crippen molar-refractivity contribution in [1.82, 2.24) is 0 Å². The fourth-order valence-electron chi connectivity index (χ4n) is 3.10. The Morgan fingerprint density at radius 3 is 2.26 bits per heavy atom. The van der Waals surface area contributed by atoms with Gasteiger partial charge in [-0.2, -0.15) is 0 Å². The molecule has 0 heterocycles. The van der Waals surface area contributed by atoms with Gasteiger partial charge in [-0.25, -0.2) is 4.39 Å². The standard InChI is InChI=1S/C25H24FN3O6/c1-15(30)27-17-9-10-18(26)20(13-17)29-25(32)16-8-11-22(23(12-16)34-3)35-14-24(31)28-19-6-4-5-7-21(19)33-2/h4-13H,14H2,1-3H3,(H,27,30)(H,28,31)(H,29,32). The molecule has 3 aromatic carbocycles. The summed E-state index contributed by atoms with van der Waals surface area (Å²) in [6.45, 7) is 1.00. The van der Waals surface area contributed by atoms with E-state index in [-0.39, 0.29) is 35.3 Å². The summed E-state index contributed by atoms with van der Waals surface area (Å²) >= 11 is 0. The summed E-state index contributed by atoms with van der Waals surface area (Å²) in [6.07, 6.45) is 0. The monoisotopic (exact) mass is 481 g/mol. The topological polar surface area (TPSA) is 115 Å². The number of carbonyl (C=O) groups is 3. The van der Waals surface area contributed by atoms with Crippen LogP contribution < -0.4 is 30.2 Å². The summed E-state index contributed by atoms with van der Waals surface area (Å²) in [6, 6.07) is 15.1. The Kier molecular flexibility index (Phi) is 8.23. The Bertz CT molecular complexity index is 1250. The lowest BCUT2D eigenvalue weighted by atomic mass is 10.1. The number of anilines is 3. The van der Waals surface area contributed by atoms with Crippen LogP contribution in [-0.4, -0.2) is 38.5 Å². The molecule has 0 spiro atoms. The summed E-state index contributed by atoms with van der Waals surface area (Å²) in [7, 11) is 2.88. The molecule has 0 unspecified atom stereocenters. The maximum Gasteiger partial charge on any atom is 0.262 e. The molecule has 0 aliphatic carbocycles. The smallest absolute Gasteiger partial charge is 0.262 e. The summed E-state index contributed by atoms with van der Waals surface area (Å²) in [5.74, 6) is -1.08. The van der Waals surface area contributed by atoms with Crippen LogP contribution in [0.4, 0.5) is 21.5 Å². The van der Waals surface area contributed by atoms with Crippen molar-refractivity contribution >= 4 is 34.8 Å². The zero-order valence-electron chi connectivity index (χ0n) is 19.3. The number of ether oxygens (including phenoxy) is 3. The van der Waals surface area contributed by atoms with E-state index in [0.29, 0.717) is 17.1 Å². The fourth-order valence-corrected chi connectivity index (χ4v) is 3.10. The molecule has 9 nitrogen and oxygen atoms in total. The van der Waals surface area contributed by atoms with Crippen molar-refractivity contribution in [3.05, 3.63) is 72.0 Å². The molecule has 35 heavy (non-hydrogen) atoms. The van der Waals surface area contributed by atoms with Crippen molar-refractivity contribution in [2.24, 2.45) is 0 Å². The number of benzene rings is 3. The van der Waals surface area contributed by atoms with E-state index in [1.165, 1.54) is 51.5 Å². The van der Waals surface area contributed by atoms with Crippen LogP contribution in [0.15, 0.2) is 60.7 Å². The normalized spacial score (nSPS) is 10.2. The van der Waals surface area contributed by atoms with Crippen molar-refractivity contribution in [3.63, 3.8) is 0 Å². The minimum atomic E-state index is -0.666. The first-order chi connectivity index (χ1) is 16.8. The molecule has 10 heteroatoms. The highest BCUT2D eigenvalue weighted by Crippen LogP contribution is 2.29. The third-order valence-corrected chi connectivity index (χ3v) is 4.70. The molecule has 0 bridgehead atoms. The fraction of sp³-hybridized carbons (Fsp3) is 0.160. The Labute approximate surface area is 201 Å². The number of nitrogens with one attached hydrogen (secondary N) is 3. The van der Waals surface area contributed by atoms with E-state index in [9.17, 15) is 18.8 Å². The first-order valence-corrected chi connectivity index (χ1v) is 10.4. The number of hydrogen-bond donors (Lipinski definition) is 3. The molecular weight excluding hydrogens is 457 g/mol. The molecule has 3 rings (SSSR count). The van der Waals surface area contributed by atoms with Gasteiger partial charge in [0.2, 0.25) is 5.91 Å². The number of carbonyl (C=O) groups excluding carboxylic acids is 3. The van der Waals surface area contributed by atoms with Crippen LogP contribution in [0, 0.1) is 5.82 Å². The van der Waals surface area contributed by atoms with E-state index >= 15 is 0 Å². The van der Waals surface area contributed by atoms with Crippen molar-refractivity contribution in [3.8, 4) is 17.2 Å². The zero-order chi connectivity index (χ0) is 25.4. The third-order valence-electron chi connectivity index (χ3n) is 4.70.